The lowest BCUT2D eigenvalue weighted by atomic mass is 9.96. The largest absolute Gasteiger partial charge is 0.390 e. The van der Waals surface area contributed by atoms with Crippen LogP contribution in [0.15, 0.2) is 6.20 Å². The summed E-state index contributed by atoms with van der Waals surface area (Å²) in [7, 11) is 0. The molecule has 0 saturated carbocycles. The third-order valence-corrected chi connectivity index (χ3v) is 4.14. The molecule has 0 radical (unpaired) electrons. The molecule has 0 bridgehead atoms. The molecular formula is C14H22ClN3O4. The van der Waals surface area contributed by atoms with Gasteiger partial charge in [-0.25, -0.2) is 0 Å². The first-order chi connectivity index (χ1) is 10.5. The second kappa shape index (κ2) is 7.41. The summed E-state index contributed by atoms with van der Waals surface area (Å²) in [6.45, 7) is 5.53. The number of carbonyl (C=O) groups excluding carboxylic acids is 1. The highest BCUT2D eigenvalue weighted by Gasteiger charge is 2.34. The minimum Gasteiger partial charge on any atom is -0.390 e. The Kier molecular flexibility index (Phi) is 5.80. The van der Waals surface area contributed by atoms with Crippen molar-refractivity contribution in [3.05, 3.63) is 16.9 Å². The van der Waals surface area contributed by atoms with E-state index >= 15 is 0 Å². The molecule has 3 atom stereocenters. The molecule has 1 amide bonds. The molecule has 8 heteroatoms. The maximum Gasteiger partial charge on any atom is 0.275 e. The number of amides is 1. The smallest absolute Gasteiger partial charge is 0.275 e. The minimum absolute atomic E-state index is 0.116. The topological polar surface area (TPSA) is 87.8 Å². The van der Waals surface area contributed by atoms with Gasteiger partial charge in [-0.3, -0.25) is 9.48 Å². The van der Waals surface area contributed by atoms with Gasteiger partial charge in [-0.2, -0.15) is 5.10 Å². The Labute approximate surface area is 134 Å². The van der Waals surface area contributed by atoms with E-state index in [1.807, 2.05) is 13.8 Å². The molecule has 0 aliphatic carbocycles. The number of aliphatic hydroxyl groups is 2. The molecule has 1 fully saturated rings. The van der Waals surface area contributed by atoms with Crippen molar-refractivity contribution in [3.8, 4) is 0 Å². The molecule has 124 valence electrons. The number of carbonyl (C=O) groups is 1. The van der Waals surface area contributed by atoms with Crippen LogP contribution < -0.4 is 0 Å². The molecule has 0 spiro atoms. The van der Waals surface area contributed by atoms with Gasteiger partial charge in [0, 0.05) is 31.7 Å². The number of halogens is 1. The van der Waals surface area contributed by atoms with Crippen LogP contribution in [-0.2, 0) is 11.3 Å². The zero-order valence-corrected chi connectivity index (χ0v) is 13.5. The lowest BCUT2D eigenvalue weighted by molar-refractivity contribution is -0.123. The Morgan fingerprint density at radius 2 is 2.23 bits per heavy atom. The van der Waals surface area contributed by atoms with Gasteiger partial charge in [0.05, 0.1) is 24.3 Å². The lowest BCUT2D eigenvalue weighted by Crippen LogP contribution is -2.49. The fraction of sp³-hybridized carbons (Fsp3) is 0.714. The summed E-state index contributed by atoms with van der Waals surface area (Å²) in [5.41, 5.74) is 0.206. The number of nitrogens with zero attached hydrogens (tertiary/aromatic N) is 3. The lowest BCUT2D eigenvalue weighted by Gasteiger charge is -2.35. The van der Waals surface area contributed by atoms with Gasteiger partial charge in [0.25, 0.3) is 5.91 Å². The van der Waals surface area contributed by atoms with E-state index in [9.17, 15) is 15.0 Å². The second-order valence-corrected chi connectivity index (χ2v) is 5.79. The molecule has 1 aliphatic rings. The first-order valence-corrected chi connectivity index (χ1v) is 7.81. The number of aliphatic hydroxyl groups excluding tert-OH is 2. The highest BCUT2D eigenvalue weighted by atomic mass is 35.5. The molecule has 1 aliphatic heterocycles. The van der Waals surface area contributed by atoms with Gasteiger partial charge < -0.3 is 19.8 Å². The molecule has 1 aromatic rings. The van der Waals surface area contributed by atoms with E-state index in [2.05, 4.69) is 5.10 Å². The van der Waals surface area contributed by atoms with Crippen LogP contribution in [-0.4, -0.2) is 69.3 Å². The minimum atomic E-state index is -0.921. The standard InChI is InChI=1S/C14H22ClN3O4/c1-3-17(5-9-7-22-8-11(19)13(9)20)14(21)12-10(15)6-18(4-2)16-12/h6,9,11,13,19-20H,3-5,7-8H2,1-2H3/t9-,11-,13+/m1/s1. The highest BCUT2D eigenvalue weighted by Crippen LogP contribution is 2.20. The molecule has 2 rings (SSSR count). The second-order valence-electron chi connectivity index (χ2n) is 5.38. The van der Waals surface area contributed by atoms with E-state index in [-0.39, 0.29) is 30.7 Å². The molecular weight excluding hydrogens is 310 g/mol. The number of aromatic nitrogens is 2. The monoisotopic (exact) mass is 331 g/mol. The van der Waals surface area contributed by atoms with Gasteiger partial charge in [-0.05, 0) is 13.8 Å². The normalized spacial score (nSPS) is 25.2. The molecule has 2 N–H and O–H groups in total. The summed E-state index contributed by atoms with van der Waals surface area (Å²) < 4.78 is 6.85. The zero-order valence-electron chi connectivity index (χ0n) is 12.8. The van der Waals surface area contributed by atoms with Crippen molar-refractivity contribution >= 4 is 17.5 Å². The van der Waals surface area contributed by atoms with Gasteiger partial charge in [0.15, 0.2) is 5.69 Å². The van der Waals surface area contributed by atoms with E-state index in [0.29, 0.717) is 24.7 Å². The summed E-state index contributed by atoms with van der Waals surface area (Å²) >= 11 is 6.07. The number of aryl methyl sites for hydroxylation is 1. The van der Waals surface area contributed by atoms with Crippen molar-refractivity contribution in [1.82, 2.24) is 14.7 Å². The third-order valence-electron chi connectivity index (χ3n) is 3.87. The molecule has 7 nitrogen and oxygen atoms in total. The van der Waals surface area contributed by atoms with E-state index in [0.717, 1.165) is 0 Å². The first-order valence-electron chi connectivity index (χ1n) is 7.44. The molecule has 1 aromatic heterocycles. The summed E-state index contributed by atoms with van der Waals surface area (Å²) in [6.07, 6.45) is -0.208. The Morgan fingerprint density at radius 1 is 1.50 bits per heavy atom. The predicted molar refractivity (Wildman–Crippen MR) is 80.8 cm³/mol. The number of rotatable bonds is 5. The summed E-state index contributed by atoms with van der Waals surface area (Å²) in [4.78, 5) is 14.1. The van der Waals surface area contributed by atoms with Crippen LogP contribution in [0.4, 0.5) is 0 Å². The van der Waals surface area contributed by atoms with Crippen LogP contribution in [0.1, 0.15) is 24.3 Å². The number of hydrogen-bond donors (Lipinski definition) is 2. The highest BCUT2D eigenvalue weighted by molar-refractivity contribution is 6.33. The van der Waals surface area contributed by atoms with Crippen LogP contribution in [0.3, 0.4) is 0 Å². The van der Waals surface area contributed by atoms with E-state index in [4.69, 9.17) is 16.3 Å². The van der Waals surface area contributed by atoms with Crippen molar-refractivity contribution in [2.45, 2.75) is 32.6 Å². The average Bonchev–Trinajstić information content (AvgIpc) is 2.89. The Morgan fingerprint density at radius 3 is 2.82 bits per heavy atom. The number of hydrogen-bond acceptors (Lipinski definition) is 5. The van der Waals surface area contributed by atoms with Crippen LogP contribution >= 0.6 is 11.6 Å². The molecule has 22 heavy (non-hydrogen) atoms. The predicted octanol–water partition coefficient (Wildman–Crippen LogP) is 0.387. The Balaban J connectivity index is 2.10. The first kappa shape index (κ1) is 17.2. The van der Waals surface area contributed by atoms with Crippen molar-refractivity contribution in [2.75, 3.05) is 26.3 Å². The van der Waals surface area contributed by atoms with Gasteiger partial charge >= 0.3 is 0 Å². The van der Waals surface area contributed by atoms with Crippen molar-refractivity contribution < 1.29 is 19.7 Å². The molecule has 0 unspecified atom stereocenters. The van der Waals surface area contributed by atoms with Crippen LogP contribution in [0.2, 0.25) is 5.02 Å². The van der Waals surface area contributed by atoms with E-state index in [1.54, 1.807) is 15.8 Å². The molecule has 2 heterocycles. The maximum atomic E-state index is 12.6. The van der Waals surface area contributed by atoms with Crippen LogP contribution in [0.25, 0.3) is 0 Å². The summed E-state index contributed by atoms with van der Waals surface area (Å²) in [5.74, 6) is -0.619. The van der Waals surface area contributed by atoms with Gasteiger partial charge in [0.1, 0.15) is 6.10 Å². The third kappa shape index (κ3) is 3.60. The maximum absolute atomic E-state index is 12.6. The van der Waals surface area contributed by atoms with Crippen LogP contribution in [0.5, 0.6) is 0 Å². The van der Waals surface area contributed by atoms with Crippen molar-refractivity contribution in [2.24, 2.45) is 5.92 Å². The Hall–Kier alpha value is -1.15. The molecule has 0 aromatic carbocycles. The quantitative estimate of drug-likeness (QED) is 0.814. The van der Waals surface area contributed by atoms with Gasteiger partial charge in [0.2, 0.25) is 0 Å². The summed E-state index contributed by atoms with van der Waals surface area (Å²) in [6, 6.07) is 0. The van der Waals surface area contributed by atoms with Crippen molar-refractivity contribution in [1.29, 1.82) is 0 Å². The average molecular weight is 332 g/mol. The summed E-state index contributed by atoms with van der Waals surface area (Å²) in [5, 5.41) is 24.2. The number of ether oxygens (including phenoxy) is 1. The fourth-order valence-corrected chi connectivity index (χ4v) is 2.74. The van der Waals surface area contributed by atoms with Crippen molar-refractivity contribution in [3.63, 3.8) is 0 Å². The van der Waals surface area contributed by atoms with E-state index < -0.39 is 12.2 Å². The van der Waals surface area contributed by atoms with Crippen LogP contribution in [0, 0.1) is 5.92 Å². The zero-order chi connectivity index (χ0) is 16.3. The molecule has 1 saturated heterocycles. The van der Waals surface area contributed by atoms with Gasteiger partial charge in [-0.15, -0.1) is 0 Å². The fourth-order valence-electron chi connectivity index (χ4n) is 2.50. The SMILES string of the molecule is CCN(C[C@@H]1COC[C@@H](O)[C@H]1O)C(=O)c1nn(CC)cc1Cl. The Bertz CT molecular complexity index is 522. The van der Waals surface area contributed by atoms with E-state index in [1.165, 1.54) is 0 Å². The van der Waals surface area contributed by atoms with Gasteiger partial charge in [-0.1, -0.05) is 11.6 Å².